The molecule has 6 heteroatoms. The van der Waals surface area contributed by atoms with E-state index >= 15 is 0 Å². The normalized spacial score (nSPS) is 17.0. The lowest BCUT2D eigenvalue weighted by Crippen LogP contribution is -2.44. The average Bonchev–Trinajstić information content (AvgIpc) is 2.86. The first-order chi connectivity index (χ1) is 12.2. The van der Waals surface area contributed by atoms with Crippen LogP contribution in [-0.2, 0) is 28.9 Å². The Kier molecular flexibility index (Phi) is 4.69. The van der Waals surface area contributed by atoms with Crippen molar-refractivity contribution in [1.82, 2.24) is 9.47 Å². The van der Waals surface area contributed by atoms with Gasteiger partial charge in [0.25, 0.3) is 0 Å². The molecule has 0 bridgehead atoms. The Morgan fingerprint density at radius 2 is 2.00 bits per heavy atom. The van der Waals surface area contributed by atoms with Crippen LogP contribution in [0.15, 0.2) is 24.3 Å². The monoisotopic (exact) mass is 358 g/mol. The fourth-order valence-corrected chi connectivity index (χ4v) is 3.68. The summed E-state index contributed by atoms with van der Waals surface area (Å²) in [6.45, 7) is 6.21. The molecule has 1 atom stereocenters. The largest absolute Gasteiger partial charge is 0.481 e. The van der Waals surface area contributed by atoms with E-state index in [1.54, 1.807) is 11.9 Å². The Bertz CT molecular complexity index is 847. The first-order valence-corrected chi connectivity index (χ1v) is 8.94. The highest BCUT2D eigenvalue weighted by molar-refractivity contribution is 5.89. The van der Waals surface area contributed by atoms with Crippen molar-refractivity contribution >= 4 is 23.0 Å². The van der Waals surface area contributed by atoms with Crippen LogP contribution in [0.3, 0.4) is 0 Å². The van der Waals surface area contributed by atoms with E-state index in [4.69, 9.17) is 4.74 Å². The van der Waals surface area contributed by atoms with Crippen molar-refractivity contribution in [2.24, 2.45) is 0 Å². The summed E-state index contributed by atoms with van der Waals surface area (Å²) in [5, 5.41) is 10.3. The summed E-state index contributed by atoms with van der Waals surface area (Å²) in [6.07, 6.45) is 1.23. The van der Waals surface area contributed by atoms with E-state index in [-0.39, 0.29) is 18.6 Å². The van der Waals surface area contributed by atoms with Crippen LogP contribution in [0.5, 0.6) is 0 Å². The van der Waals surface area contributed by atoms with Crippen LogP contribution >= 0.6 is 0 Å². The van der Waals surface area contributed by atoms with Gasteiger partial charge in [0, 0.05) is 30.2 Å². The fourth-order valence-electron chi connectivity index (χ4n) is 3.68. The van der Waals surface area contributed by atoms with Crippen LogP contribution in [0.25, 0.3) is 10.9 Å². The second-order valence-electron chi connectivity index (χ2n) is 7.91. The number of aliphatic carboxylic acids is 1. The minimum Gasteiger partial charge on any atom is -0.481 e. The van der Waals surface area contributed by atoms with E-state index in [0.29, 0.717) is 6.54 Å². The number of carboxylic acid groups (broad SMARTS) is 1. The van der Waals surface area contributed by atoms with Gasteiger partial charge in [-0.2, -0.15) is 0 Å². The average molecular weight is 358 g/mol. The van der Waals surface area contributed by atoms with Crippen molar-refractivity contribution in [3.63, 3.8) is 0 Å². The van der Waals surface area contributed by atoms with Crippen LogP contribution in [0, 0.1) is 0 Å². The molecule has 1 aliphatic heterocycles. The Balaban J connectivity index is 1.91. The first-order valence-electron chi connectivity index (χ1n) is 8.94. The van der Waals surface area contributed by atoms with Crippen molar-refractivity contribution in [2.45, 2.75) is 58.2 Å². The highest BCUT2D eigenvalue weighted by atomic mass is 16.6. The summed E-state index contributed by atoms with van der Waals surface area (Å²) in [5.41, 5.74) is 2.47. The summed E-state index contributed by atoms with van der Waals surface area (Å²) < 4.78 is 7.66. The molecule has 3 rings (SSSR count). The minimum absolute atomic E-state index is 0.0193. The first kappa shape index (κ1) is 18.3. The highest BCUT2D eigenvalue weighted by Gasteiger charge is 2.31. The zero-order valence-electron chi connectivity index (χ0n) is 15.8. The van der Waals surface area contributed by atoms with Crippen molar-refractivity contribution < 1.29 is 19.4 Å². The number of nitrogens with zero attached hydrogens (tertiary/aromatic N) is 2. The number of benzene rings is 1. The molecule has 2 aromatic rings. The molecule has 0 saturated heterocycles. The lowest BCUT2D eigenvalue weighted by atomic mass is 9.99. The summed E-state index contributed by atoms with van der Waals surface area (Å²) in [4.78, 5) is 25.4. The van der Waals surface area contributed by atoms with Crippen LogP contribution < -0.4 is 0 Å². The molecule has 0 radical (unpaired) electrons. The Labute approximate surface area is 153 Å². The van der Waals surface area contributed by atoms with Gasteiger partial charge in [0.2, 0.25) is 0 Å². The predicted molar refractivity (Wildman–Crippen MR) is 99.4 cm³/mol. The number of hydrogen-bond acceptors (Lipinski definition) is 3. The molecule has 0 spiro atoms. The maximum absolute atomic E-state index is 12.4. The number of carboxylic acids is 1. The maximum Gasteiger partial charge on any atom is 0.410 e. The standard InChI is InChI=1S/C20H26N2O4/c1-20(2,3)26-19(25)21(4)13-9-10-17-15(11-18(23)24)14-7-5-6-8-16(14)22(17)12-13/h5-8,13H,9-12H2,1-4H3,(H,23,24)/t13-/m1/s1. The van der Waals surface area contributed by atoms with Crippen LogP contribution in [-0.4, -0.2) is 45.3 Å². The summed E-state index contributed by atoms with van der Waals surface area (Å²) in [7, 11) is 1.77. The smallest absolute Gasteiger partial charge is 0.410 e. The molecular formula is C20H26N2O4. The molecule has 1 aromatic carbocycles. The second-order valence-corrected chi connectivity index (χ2v) is 7.91. The van der Waals surface area contributed by atoms with E-state index in [1.165, 1.54) is 0 Å². The molecule has 140 valence electrons. The quantitative estimate of drug-likeness (QED) is 0.912. The second kappa shape index (κ2) is 6.67. The summed E-state index contributed by atoms with van der Waals surface area (Å²) >= 11 is 0. The maximum atomic E-state index is 12.4. The van der Waals surface area contributed by atoms with E-state index < -0.39 is 11.6 Å². The predicted octanol–water partition coefficient (Wildman–Crippen LogP) is 3.45. The highest BCUT2D eigenvalue weighted by Crippen LogP contribution is 2.32. The minimum atomic E-state index is -0.822. The molecule has 0 unspecified atom stereocenters. The molecular weight excluding hydrogens is 332 g/mol. The van der Waals surface area contributed by atoms with E-state index in [2.05, 4.69) is 4.57 Å². The molecule has 1 aliphatic rings. The van der Waals surface area contributed by atoms with E-state index in [1.807, 2.05) is 45.0 Å². The third kappa shape index (κ3) is 3.54. The lowest BCUT2D eigenvalue weighted by molar-refractivity contribution is -0.136. The number of ether oxygens (including phenoxy) is 1. The molecule has 1 amide bonds. The molecule has 6 nitrogen and oxygen atoms in total. The third-order valence-electron chi connectivity index (χ3n) is 4.86. The molecule has 0 fully saturated rings. The van der Waals surface area contributed by atoms with Gasteiger partial charge in [0.05, 0.1) is 12.5 Å². The van der Waals surface area contributed by atoms with Crippen molar-refractivity contribution in [2.75, 3.05) is 7.05 Å². The SMILES string of the molecule is CN(C(=O)OC(C)(C)C)[C@@H]1CCc2c(CC(=O)O)c3ccccc3n2C1. The summed E-state index contributed by atoms with van der Waals surface area (Å²) in [5.74, 6) is -0.822. The molecule has 2 heterocycles. The number of rotatable bonds is 3. The van der Waals surface area contributed by atoms with Gasteiger partial charge in [0.1, 0.15) is 5.60 Å². The number of carbonyl (C=O) groups excluding carboxylic acids is 1. The Morgan fingerprint density at radius 1 is 1.31 bits per heavy atom. The van der Waals surface area contributed by atoms with Gasteiger partial charge in [-0.1, -0.05) is 18.2 Å². The number of likely N-dealkylation sites (N-methyl/N-ethyl adjacent to an activating group) is 1. The van der Waals surface area contributed by atoms with Gasteiger partial charge in [-0.15, -0.1) is 0 Å². The lowest BCUT2D eigenvalue weighted by Gasteiger charge is -2.34. The van der Waals surface area contributed by atoms with Crippen molar-refractivity contribution in [3.8, 4) is 0 Å². The van der Waals surface area contributed by atoms with Crippen LogP contribution in [0.4, 0.5) is 4.79 Å². The van der Waals surface area contributed by atoms with Gasteiger partial charge in [0.15, 0.2) is 0 Å². The van der Waals surface area contributed by atoms with Gasteiger partial charge in [-0.05, 0) is 45.2 Å². The number of para-hydroxylation sites is 1. The zero-order valence-corrected chi connectivity index (χ0v) is 15.8. The van der Waals surface area contributed by atoms with Crippen molar-refractivity contribution in [1.29, 1.82) is 0 Å². The van der Waals surface area contributed by atoms with Crippen molar-refractivity contribution in [3.05, 3.63) is 35.5 Å². The fraction of sp³-hybridized carbons (Fsp3) is 0.500. The summed E-state index contributed by atoms with van der Waals surface area (Å²) in [6, 6.07) is 7.91. The van der Waals surface area contributed by atoms with Gasteiger partial charge >= 0.3 is 12.1 Å². The molecule has 1 aromatic heterocycles. The van der Waals surface area contributed by atoms with Crippen LogP contribution in [0.1, 0.15) is 38.4 Å². The number of hydrogen-bond donors (Lipinski definition) is 1. The number of aromatic nitrogens is 1. The van der Waals surface area contributed by atoms with E-state index in [9.17, 15) is 14.7 Å². The van der Waals surface area contributed by atoms with Gasteiger partial charge < -0.3 is 19.3 Å². The number of amides is 1. The van der Waals surface area contributed by atoms with Gasteiger partial charge in [-0.3, -0.25) is 4.79 Å². The zero-order chi connectivity index (χ0) is 19.1. The molecule has 0 saturated carbocycles. The third-order valence-corrected chi connectivity index (χ3v) is 4.86. The van der Waals surface area contributed by atoms with Crippen LogP contribution in [0.2, 0.25) is 0 Å². The molecule has 0 aliphatic carbocycles. The Morgan fingerprint density at radius 3 is 2.65 bits per heavy atom. The Hall–Kier alpha value is -2.50. The number of fused-ring (bicyclic) bond motifs is 3. The number of carbonyl (C=O) groups is 2. The molecule has 1 N–H and O–H groups in total. The topological polar surface area (TPSA) is 71.8 Å². The van der Waals surface area contributed by atoms with Gasteiger partial charge in [-0.25, -0.2) is 4.79 Å². The van der Waals surface area contributed by atoms with E-state index in [0.717, 1.165) is 35.0 Å². The molecule has 26 heavy (non-hydrogen) atoms.